The van der Waals surface area contributed by atoms with E-state index < -0.39 is 23.7 Å². The van der Waals surface area contributed by atoms with Gasteiger partial charge in [-0.25, -0.2) is 9.59 Å². The monoisotopic (exact) mass is 576 g/mol. The van der Waals surface area contributed by atoms with Crippen molar-refractivity contribution in [2.24, 2.45) is 0 Å². The summed E-state index contributed by atoms with van der Waals surface area (Å²) in [5.74, 6) is -1.46. The van der Waals surface area contributed by atoms with Gasteiger partial charge in [-0.2, -0.15) is 0 Å². The highest BCUT2D eigenvalue weighted by atomic mass is 16.6. The normalized spacial score (nSPS) is 15.6. The number of aliphatic carboxylic acids is 1. The number of piperazine rings is 1. The number of furan rings is 1. The van der Waals surface area contributed by atoms with Gasteiger partial charge in [-0.3, -0.25) is 9.69 Å². The predicted molar refractivity (Wildman–Crippen MR) is 165 cm³/mol. The van der Waals surface area contributed by atoms with E-state index in [1.807, 2.05) is 48.5 Å². The number of carboxylic acids is 1. The van der Waals surface area contributed by atoms with Crippen LogP contribution in [0, 0.1) is 0 Å². The number of para-hydroxylation sites is 2. The van der Waals surface area contributed by atoms with Gasteiger partial charge in [-0.15, -0.1) is 0 Å². The van der Waals surface area contributed by atoms with Gasteiger partial charge in [0, 0.05) is 35.0 Å². The summed E-state index contributed by atoms with van der Waals surface area (Å²) in [6, 6.07) is 28.5. The van der Waals surface area contributed by atoms with E-state index in [4.69, 9.17) is 9.15 Å². The van der Waals surface area contributed by atoms with Crippen molar-refractivity contribution in [3.8, 4) is 22.3 Å². The topological polar surface area (TPSA) is 100 Å². The molecule has 1 atom stereocenters. The summed E-state index contributed by atoms with van der Waals surface area (Å²) >= 11 is 0. The summed E-state index contributed by atoms with van der Waals surface area (Å²) in [5, 5.41) is 11.9. The third-order valence-electron chi connectivity index (χ3n) is 7.65. The standard InChI is InChI=1S/C35H32N2O6/c1-35(2,3)43-34(41)37-20-19-36(21-29(37)33(39)40)32(38)25-17-13-23(14-18-25)22-11-15-24(16-12-22)26-8-6-9-28-27-7-4-5-10-30(27)42-31(26)28/h4-18,29H,19-21H2,1-3H3,(H,39,40). The average molecular weight is 577 g/mol. The molecule has 8 heteroatoms. The summed E-state index contributed by atoms with van der Waals surface area (Å²) in [4.78, 5) is 40.5. The molecule has 1 aliphatic rings. The molecule has 0 bridgehead atoms. The largest absolute Gasteiger partial charge is 0.480 e. The Morgan fingerprint density at radius 3 is 2.09 bits per heavy atom. The number of benzene rings is 4. The molecule has 0 radical (unpaired) electrons. The van der Waals surface area contributed by atoms with E-state index in [1.54, 1.807) is 32.9 Å². The molecule has 1 N–H and O–H groups in total. The molecule has 5 aromatic rings. The number of hydrogen-bond donors (Lipinski definition) is 1. The van der Waals surface area contributed by atoms with E-state index in [2.05, 4.69) is 30.3 Å². The van der Waals surface area contributed by atoms with Crippen molar-refractivity contribution < 1.29 is 28.6 Å². The first kappa shape index (κ1) is 28.0. The Morgan fingerprint density at radius 2 is 1.42 bits per heavy atom. The number of amides is 2. The van der Waals surface area contributed by atoms with Crippen LogP contribution in [0.2, 0.25) is 0 Å². The zero-order valence-electron chi connectivity index (χ0n) is 24.2. The molecule has 4 aromatic carbocycles. The number of ether oxygens (including phenoxy) is 1. The molecule has 1 unspecified atom stereocenters. The number of fused-ring (bicyclic) bond motifs is 3. The Morgan fingerprint density at radius 1 is 0.791 bits per heavy atom. The van der Waals surface area contributed by atoms with Crippen molar-refractivity contribution in [2.75, 3.05) is 19.6 Å². The first-order chi connectivity index (χ1) is 20.6. The second kappa shape index (κ2) is 10.9. The van der Waals surface area contributed by atoms with Crippen molar-refractivity contribution in [1.82, 2.24) is 9.80 Å². The summed E-state index contributed by atoms with van der Waals surface area (Å²) in [6.45, 7) is 5.34. The minimum absolute atomic E-state index is 0.0732. The fourth-order valence-electron chi connectivity index (χ4n) is 5.52. The van der Waals surface area contributed by atoms with Crippen LogP contribution < -0.4 is 0 Å². The van der Waals surface area contributed by atoms with E-state index >= 15 is 0 Å². The zero-order chi connectivity index (χ0) is 30.3. The molecule has 1 aliphatic heterocycles. The molecule has 1 saturated heterocycles. The molecule has 43 heavy (non-hydrogen) atoms. The first-order valence-corrected chi connectivity index (χ1v) is 14.2. The molecular weight excluding hydrogens is 544 g/mol. The van der Waals surface area contributed by atoms with Gasteiger partial charge < -0.3 is 19.2 Å². The van der Waals surface area contributed by atoms with E-state index in [9.17, 15) is 19.5 Å². The predicted octanol–water partition coefficient (Wildman–Crippen LogP) is 7.07. The van der Waals surface area contributed by atoms with Crippen molar-refractivity contribution in [2.45, 2.75) is 32.4 Å². The quantitative estimate of drug-likeness (QED) is 0.246. The van der Waals surface area contributed by atoms with Crippen LogP contribution in [-0.4, -0.2) is 64.2 Å². The van der Waals surface area contributed by atoms with Gasteiger partial charge in [-0.05, 0) is 55.7 Å². The second-order valence-electron chi connectivity index (χ2n) is 11.7. The Balaban J connectivity index is 1.17. The van der Waals surface area contributed by atoms with Crippen LogP contribution >= 0.6 is 0 Å². The number of rotatable bonds is 4. The van der Waals surface area contributed by atoms with Crippen molar-refractivity contribution in [3.63, 3.8) is 0 Å². The van der Waals surface area contributed by atoms with Gasteiger partial charge in [0.2, 0.25) is 0 Å². The highest BCUT2D eigenvalue weighted by Gasteiger charge is 2.39. The molecule has 2 heterocycles. The highest BCUT2D eigenvalue weighted by Crippen LogP contribution is 2.36. The SMILES string of the molecule is CC(C)(C)OC(=O)N1CCN(C(=O)c2ccc(-c3ccc(-c4cccc5c4oc4ccccc45)cc3)cc2)CC1C(=O)O. The summed E-state index contributed by atoms with van der Waals surface area (Å²) in [7, 11) is 0. The van der Waals surface area contributed by atoms with Gasteiger partial charge >= 0.3 is 12.1 Å². The number of carbonyl (C=O) groups excluding carboxylic acids is 2. The Bertz CT molecular complexity index is 1830. The average Bonchev–Trinajstić information content (AvgIpc) is 3.39. The van der Waals surface area contributed by atoms with Gasteiger partial charge in [-0.1, -0.05) is 72.8 Å². The third kappa shape index (κ3) is 5.56. The number of hydrogen-bond acceptors (Lipinski definition) is 5. The number of nitrogens with zero attached hydrogens (tertiary/aromatic N) is 2. The lowest BCUT2D eigenvalue weighted by Crippen LogP contribution is -2.60. The lowest BCUT2D eigenvalue weighted by Gasteiger charge is -2.39. The van der Waals surface area contributed by atoms with Crippen LogP contribution in [-0.2, 0) is 9.53 Å². The van der Waals surface area contributed by atoms with Crippen LogP contribution in [0.25, 0.3) is 44.2 Å². The van der Waals surface area contributed by atoms with Gasteiger partial charge in [0.1, 0.15) is 16.8 Å². The minimum atomic E-state index is -1.18. The van der Waals surface area contributed by atoms with Gasteiger partial charge in [0.05, 0.1) is 6.54 Å². The molecule has 0 saturated carbocycles. The maximum Gasteiger partial charge on any atom is 0.411 e. The van der Waals surface area contributed by atoms with Crippen LogP contribution in [0.3, 0.4) is 0 Å². The Labute approximate surface area is 249 Å². The number of carboxylic acid groups (broad SMARTS) is 1. The molecular formula is C35H32N2O6. The molecule has 0 aliphatic carbocycles. The Kier molecular flexibility index (Phi) is 7.13. The fraction of sp³-hybridized carbons (Fsp3) is 0.229. The van der Waals surface area contributed by atoms with E-state index in [1.165, 1.54) is 9.80 Å². The number of carbonyl (C=O) groups is 3. The van der Waals surface area contributed by atoms with Crippen LogP contribution in [0.4, 0.5) is 4.79 Å². The van der Waals surface area contributed by atoms with Crippen LogP contribution in [0.1, 0.15) is 31.1 Å². The second-order valence-corrected chi connectivity index (χ2v) is 11.7. The molecule has 1 aromatic heterocycles. The molecule has 6 rings (SSSR count). The maximum absolute atomic E-state index is 13.3. The maximum atomic E-state index is 13.3. The van der Waals surface area contributed by atoms with E-state index in [0.717, 1.165) is 44.2 Å². The van der Waals surface area contributed by atoms with Crippen molar-refractivity contribution in [1.29, 1.82) is 0 Å². The van der Waals surface area contributed by atoms with E-state index in [0.29, 0.717) is 5.56 Å². The highest BCUT2D eigenvalue weighted by molar-refractivity contribution is 6.09. The molecule has 2 amide bonds. The summed E-state index contributed by atoms with van der Waals surface area (Å²) < 4.78 is 11.6. The zero-order valence-corrected chi connectivity index (χ0v) is 24.2. The smallest absolute Gasteiger partial charge is 0.411 e. The first-order valence-electron chi connectivity index (χ1n) is 14.2. The molecule has 218 valence electrons. The summed E-state index contributed by atoms with van der Waals surface area (Å²) in [5.41, 5.74) is 5.42. The lowest BCUT2D eigenvalue weighted by atomic mass is 9.98. The lowest BCUT2D eigenvalue weighted by molar-refractivity contribution is -0.145. The third-order valence-corrected chi connectivity index (χ3v) is 7.65. The summed E-state index contributed by atoms with van der Waals surface area (Å²) in [6.07, 6.45) is -0.698. The van der Waals surface area contributed by atoms with Crippen LogP contribution in [0.5, 0.6) is 0 Å². The minimum Gasteiger partial charge on any atom is -0.480 e. The van der Waals surface area contributed by atoms with Crippen LogP contribution in [0.15, 0.2) is 95.4 Å². The van der Waals surface area contributed by atoms with Crippen molar-refractivity contribution in [3.05, 3.63) is 96.6 Å². The molecule has 0 spiro atoms. The molecule has 1 fully saturated rings. The van der Waals surface area contributed by atoms with Crippen molar-refractivity contribution >= 4 is 39.9 Å². The Hall–Kier alpha value is -5.11. The molecule has 8 nitrogen and oxygen atoms in total. The van der Waals surface area contributed by atoms with E-state index in [-0.39, 0.29) is 25.5 Å². The van der Waals surface area contributed by atoms with Gasteiger partial charge in [0.15, 0.2) is 6.04 Å². The fourth-order valence-corrected chi connectivity index (χ4v) is 5.52. The van der Waals surface area contributed by atoms with Gasteiger partial charge in [0.25, 0.3) is 5.91 Å².